The molecule has 4 unspecified atom stereocenters. The van der Waals surface area contributed by atoms with Gasteiger partial charge >= 0.3 is 92.7 Å². The quantitative estimate of drug-likeness (QED) is 0.0109. The molecule has 4 amide bonds. The van der Waals surface area contributed by atoms with E-state index in [-0.39, 0.29) is 113 Å². The molecular formula is C93H182N4Na2O15P2. The first-order valence-electron chi connectivity index (χ1n) is 48.1. The largest absolute Gasteiger partial charge is 1.00 e. The van der Waals surface area contributed by atoms with Crippen LogP contribution in [0.5, 0.6) is 0 Å². The number of amides is 4. The van der Waals surface area contributed by atoms with Crippen LogP contribution in [-0.4, -0.2) is 103 Å². The van der Waals surface area contributed by atoms with E-state index >= 15 is 0 Å². The molecule has 0 aromatic heterocycles. The van der Waals surface area contributed by atoms with Crippen molar-refractivity contribution >= 4 is 45.4 Å². The molecule has 0 bridgehead atoms. The molecule has 0 aromatic rings. The van der Waals surface area contributed by atoms with E-state index in [1.807, 2.05) is 12.2 Å². The SMILES string of the molecule is CCCCCCCCCCCCC/C=C/C(OC(=O)CCCCCCCCCCC)[C@H](COP(=O)(O)OCCNC(=O)NCCOP(=O)(O)OC[C@H](NC(=O)CCCCCCCCCCCCC)C(/C=C/CCCCCCCCCCCCC)OC(=O)CCCCCCCCCCC)NC(=O)CCCCCCCCCCCCC.[H-].[H-].[Na+].[Na+]. The predicted molar refractivity (Wildman–Crippen MR) is 477 cm³/mol. The summed E-state index contributed by atoms with van der Waals surface area (Å²) in [5.74, 6) is -1.40. The molecule has 0 fully saturated rings. The fraction of sp³-hybridized carbons (Fsp3) is 0.903. The summed E-state index contributed by atoms with van der Waals surface area (Å²) in [5, 5.41) is 11.1. The number of urea groups is 1. The molecule has 0 rings (SSSR count). The number of phosphoric acid groups is 2. The molecule has 676 valence electrons. The molecule has 6 atom stereocenters. The van der Waals surface area contributed by atoms with Gasteiger partial charge in [-0.1, -0.05) is 413 Å². The molecule has 0 saturated heterocycles. The van der Waals surface area contributed by atoms with Gasteiger partial charge in [0.15, 0.2) is 0 Å². The van der Waals surface area contributed by atoms with Crippen molar-refractivity contribution in [3.63, 3.8) is 0 Å². The second kappa shape index (κ2) is 91.5. The van der Waals surface area contributed by atoms with Gasteiger partial charge in [-0.2, -0.15) is 0 Å². The summed E-state index contributed by atoms with van der Waals surface area (Å²) >= 11 is 0. The van der Waals surface area contributed by atoms with Crippen LogP contribution < -0.4 is 80.4 Å². The van der Waals surface area contributed by atoms with Gasteiger partial charge in [-0.05, 0) is 63.5 Å². The number of allylic oxidation sites excluding steroid dienone is 2. The smallest absolute Gasteiger partial charge is 1.00 e. The van der Waals surface area contributed by atoms with Crippen LogP contribution in [0.15, 0.2) is 24.3 Å². The van der Waals surface area contributed by atoms with E-state index in [1.54, 1.807) is 12.2 Å². The van der Waals surface area contributed by atoms with Crippen molar-refractivity contribution < 1.29 is 132 Å². The normalized spacial score (nSPS) is 13.7. The topological polar surface area (TPSA) is 263 Å². The molecule has 0 aromatic carbocycles. The summed E-state index contributed by atoms with van der Waals surface area (Å²) in [6.45, 7) is 10.9. The fourth-order valence-corrected chi connectivity index (χ4v) is 15.9. The molecule has 0 radical (unpaired) electrons. The van der Waals surface area contributed by atoms with Crippen molar-refractivity contribution in [3.8, 4) is 0 Å². The molecule has 0 saturated carbocycles. The monoisotopic (exact) mass is 1700 g/mol. The van der Waals surface area contributed by atoms with Crippen LogP contribution in [0.25, 0.3) is 0 Å². The molecule has 23 heteroatoms. The Labute approximate surface area is 759 Å². The second-order valence-corrected chi connectivity index (χ2v) is 35.8. The first-order valence-corrected chi connectivity index (χ1v) is 51.1. The van der Waals surface area contributed by atoms with Crippen LogP contribution in [0.2, 0.25) is 0 Å². The average Bonchev–Trinajstić information content (AvgIpc) is 0.878. The Kier molecular flexibility index (Phi) is 93.9. The van der Waals surface area contributed by atoms with E-state index in [0.29, 0.717) is 25.7 Å². The minimum Gasteiger partial charge on any atom is -1.00 e. The Morgan fingerprint density at radius 2 is 0.509 bits per heavy atom. The summed E-state index contributed by atoms with van der Waals surface area (Å²) in [4.78, 5) is 89.9. The zero-order chi connectivity index (χ0) is 83.4. The van der Waals surface area contributed by atoms with Crippen molar-refractivity contribution in [2.24, 2.45) is 0 Å². The van der Waals surface area contributed by atoms with Crippen molar-refractivity contribution in [3.05, 3.63) is 24.3 Å². The number of carbonyl (C=O) groups is 5. The minimum absolute atomic E-state index is 0. The van der Waals surface area contributed by atoms with Gasteiger partial charge < -0.3 is 43.4 Å². The van der Waals surface area contributed by atoms with Crippen molar-refractivity contribution in [2.45, 2.75) is 502 Å². The number of rotatable bonds is 90. The Morgan fingerprint density at radius 3 is 0.741 bits per heavy atom. The summed E-state index contributed by atoms with van der Waals surface area (Å²) in [5.41, 5.74) is 0. The summed E-state index contributed by atoms with van der Waals surface area (Å²) in [6.07, 6.45) is 79.0. The Hall–Kier alpha value is -1.15. The number of esters is 2. The molecule has 0 aliphatic rings. The van der Waals surface area contributed by atoms with Gasteiger partial charge in [0, 0.05) is 38.8 Å². The molecule has 0 heterocycles. The summed E-state index contributed by atoms with van der Waals surface area (Å²) in [7, 11) is -9.65. The van der Waals surface area contributed by atoms with Crippen LogP contribution in [0, 0.1) is 0 Å². The molecule has 116 heavy (non-hydrogen) atoms. The molecule has 0 aliphatic heterocycles. The zero-order valence-electron chi connectivity index (χ0n) is 78.5. The van der Waals surface area contributed by atoms with Crippen molar-refractivity contribution in [1.82, 2.24) is 21.3 Å². The van der Waals surface area contributed by atoms with Gasteiger partial charge in [-0.15, -0.1) is 0 Å². The Bertz CT molecular complexity index is 2210. The van der Waals surface area contributed by atoms with Gasteiger partial charge in [-0.3, -0.25) is 37.3 Å². The minimum atomic E-state index is -4.83. The Morgan fingerprint density at radius 1 is 0.302 bits per heavy atom. The molecule has 0 aliphatic carbocycles. The first kappa shape index (κ1) is 119. The standard InChI is InChI=1S/C93H180N4O15P2.2Na.2H/c1-7-13-19-25-31-37-41-43-47-51-55-61-67-73-87(111-91(100)77-71-65-59-49-35-29-23-17-11-5)85(96-89(98)75-69-63-57-53-45-39-33-27-21-15-9-3)83-109-113(103,104)107-81-79-94-93(102)95-80-82-108-114(105,106)110-84-86(97-90(99)76-70-64-58-54-46-40-34-28-22-16-10-4)88(112-92(101)78-72-66-60-50-36-30-24-18-12-6)74-68-62-56-52-48-44-42-38-32-26-20-14-8-2;;;;/h67-68,73-74,85-88H,7-66,69-72,75-84H2,1-6H3,(H,96,98)(H,97,99)(H,103,104)(H,105,106)(H2,94,95,102);;;;/q;2*+1;2*-1/b73-67+,74-68+;;;;/t85-,86-,87?,88?;;;;/m0..../s1. The number of hydrogen-bond donors (Lipinski definition) is 6. The van der Waals surface area contributed by atoms with Gasteiger partial charge in [0.05, 0.1) is 38.5 Å². The third kappa shape index (κ3) is 85.0. The summed E-state index contributed by atoms with van der Waals surface area (Å²) in [6, 6.07) is -2.77. The number of nitrogens with one attached hydrogen (secondary N) is 4. The third-order valence-corrected chi connectivity index (χ3v) is 23.7. The second-order valence-electron chi connectivity index (χ2n) is 32.9. The van der Waals surface area contributed by atoms with Crippen LogP contribution in [0.3, 0.4) is 0 Å². The van der Waals surface area contributed by atoms with E-state index < -0.39 is 84.3 Å². The number of hydrogen-bond acceptors (Lipinski definition) is 13. The molecule has 0 spiro atoms. The third-order valence-electron chi connectivity index (χ3n) is 21.7. The van der Waals surface area contributed by atoms with Gasteiger partial charge in [0.25, 0.3) is 0 Å². The van der Waals surface area contributed by atoms with Crippen LogP contribution >= 0.6 is 15.6 Å². The number of carbonyl (C=O) groups excluding carboxylic acids is 5. The predicted octanol–water partition coefficient (Wildman–Crippen LogP) is 21.3. The maximum absolute atomic E-state index is 13.8. The van der Waals surface area contributed by atoms with Crippen molar-refractivity contribution in [2.75, 3.05) is 39.5 Å². The van der Waals surface area contributed by atoms with Crippen LogP contribution in [-0.2, 0) is 55.9 Å². The molecule has 19 nitrogen and oxygen atoms in total. The Balaban J connectivity index is -0.0000106. The maximum atomic E-state index is 13.8. The van der Waals surface area contributed by atoms with Gasteiger partial charge in [-0.25, -0.2) is 13.9 Å². The van der Waals surface area contributed by atoms with E-state index in [2.05, 4.69) is 62.8 Å². The van der Waals surface area contributed by atoms with E-state index in [4.69, 9.17) is 27.6 Å². The van der Waals surface area contributed by atoms with Crippen LogP contribution in [0.4, 0.5) is 4.79 Å². The first-order chi connectivity index (χ1) is 55.6. The zero-order valence-corrected chi connectivity index (χ0v) is 82.3. The maximum Gasteiger partial charge on any atom is 1.00 e. The van der Waals surface area contributed by atoms with Gasteiger partial charge in [0.1, 0.15) is 12.2 Å². The summed E-state index contributed by atoms with van der Waals surface area (Å²) < 4.78 is 61.2. The van der Waals surface area contributed by atoms with E-state index in [0.717, 1.165) is 128 Å². The average molecular weight is 1700 g/mol. The van der Waals surface area contributed by atoms with E-state index in [9.17, 15) is 42.9 Å². The number of ether oxygens (including phenoxy) is 2. The van der Waals surface area contributed by atoms with Crippen LogP contribution in [0.1, 0.15) is 481 Å². The fourth-order valence-electron chi connectivity index (χ4n) is 14.4. The van der Waals surface area contributed by atoms with Crippen molar-refractivity contribution in [1.29, 1.82) is 0 Å². The molecular weight excluding hydrogens is 1520 g/mol. The number of phosphoric ester groups is 2. The molecule has 6 N–H and O–H groups in total. The number of unbranched alkanes of at least 4 members (excludes halogenated alkanes) is 58. The van der Waals surface area contributed by atoms with E-state index in [1.165, 1.54) is 257 Å². The van der Waals surface area contributed by atoms with Gasteiger partial charge in [0.2, 0.25) is 11.8 Å².